The molecule has 0 spiro atoms. The van der Waals surface area contributed by atoms with Crippen LogP contribution in [0.3, 0.4) is 0 Å². The van der Waals surface area contributed by atoms with E-state index in [0.29, 0.717) is 11.3 Å². The average Bonchev–Trinajstić information content (AvgIpc) is 2.40. The summed E-state index contributed by atoms with van der Waals surface area (Å²) in [4.78, 5) is 11.9. The molecule has 6 nitrogen and oxygen atoms in total. The lowest BCUT2D eigenvalue weighted by Gasteiger charge is -2.05. The van der Waals surface area contributed by atoms with E-state index in [9.17, 15) is 4.79 Å². The molecule has 88 valence electrons. The lowest BCUT2D eigenvalue weighted by Crippen LogP contribution is -2.15. The van der Waals surface area contributed by atoms with Crippen molar-refractivity contribution in [3.8, 4) is 6.07 Å². The SMILES string of the molecule is N#Cc1ccc(NC(=O)c2ccccc2N)nn1. The highest BCUT2D eigenvalue weighted by molar-refractivity contribution is 6.07. The first-order valence-electron chi connectivity index (χ1n) is 5.10. The fourth-order valence-corrected chi connectivity index (χ4v) is 1.35. The molecule has 6 heteroatoms. The van der Waals surface area contributed by atoms with Crippen molar-refractivity contribution in [2.45, 2.75) is 0 Å². The van der Waals surface area contributed by atoms with Gasteiger partial charge in [-0.1, -0.05) is 12.1 Å². The molecule has 0 aliphatic rings. The van der Waals surface area contributed by atoms with Gasteiger partial charge >= 0.3 is 0 Å². The highest BCUT2D eigenvalue weighted by Gasteiger charge is 2.09. The fraction of sp³-hybridized carbons (Fsp3) is 0. The standard InChI is InChI=1S/C12H9N5O/c13-7-8-5-6-11(17-16-8)15-12(18)9-3-1-2-4-10(9)14/h1-6H,14H2,(H,15,17,18). The van der Waals surface area contributed by atoms with E-state index >= 15 is 0 Å². The number of nitrogens with zero attached hydrogens (tertiary/aromatic N) is 3. The number of benzene rings is 1. The number of nitrogens with one attached hydrogen (secondary N) is 1. The first kappa shape index (κ1) is 11.5. The van der Waals surface area contributed by atoms with Crippen molar-refractivity contribution in [2.24, 2.45) is 0 Å². The van der Waals surface area contributed by atoms with Crippen LogP contribution in [0.15, 0.2) is 36.4 Å². The summed E-state index contributed by atoms with van der Waals surface area (Å²) in [5.74, 6) is -0.102. The van der Waals surface area contributed by atoms with E-state index in [1.165, 1.54) is 12.1 Å². The van der Waals surface area contributed by atoms with Crippen LogP contribution < -0.4 is 11.1 Å². The average molecular weight is 239 g/mol. The number of carbonyl (C=O) groups excluding carboxylic acids is 1. The summed E-state index contributed by atoms with van der Waals surface area (Å²) in [6.45, 7) is 0. The van der Waals surface area contributed by atoms with Crippen molar-refractivity contribution in [3.63, 3.8) is 0 Å². The van der Waals surface area contributed by atoms with Gasteiger partial charge in [-0.3, -0.25) is 4.79 Å². The first-order valence-corrected chi connectivity index (χ1v) is 5.10. The molecule has 0 saturated carbocycles. The van der Waals surface area contributed by atoms with Crippen molar-refractivity contribution in [1.29, 1.82) is 5.26 Å². The maximum Gasteiger partial charge on any atom is 0.258 e. The summed E-state index contributed by atoms with van der Waals surface area (Å²) in [6, 6.07) is 11.5. The molecule has 0 unspecified atom stereocenters. The van der Waals surface area contributed by atoms with Gasteiger partial charge in [0, 0.05) is 5.69 Å². The third-order valence-corrected chi connectivity index (χ3v) is 2.23. The second-order valence-electron chi connectivity index (χ2n) is 3.46. The third kappa shape index (κ3) is 2.41. The number of nitrogen functional groups attached to an aromatic ring is 1. The van der Waals surface area contributed by atoms with E-state index in [1.54, 1.807) is 24.3 Å². The maximum absolute atomic E-state index is 11.9. The molecule has 0 bridgehead atoms. The summed E-state index contributed by atoms with van der Waals surface area (Å²) in [5.41, 5.74) is 6.62. The second-order valence-corrected chi connectivity index (χ2v) is 3.46. The van der Waals surface area contributed by atoms with E-state index in [2.05, 4.69) is 15.5 Å². The summed E-state index contributed by atoms with van der Waals surface area (Å²) >= 11 is 0. The van der Waals surface area contributed by atoms with Gasteiger partial charge in [0.1, 0.15) is 6.07 Å². The molecule has 0 fully saturated rings. The van der Waals surface area contributed by atoms with Crippen molar-refractivity contribution in [1.82, 2.24) is 10.2 Å². The van der Waals surface area contributed by atoms with Crippen LogP contribution in [0.2, 0.25) is 0 Å². The van der Waals surface area contributed by atoms with Crippen LogP contribution in [0.1, 0.15) is 16.1 Å². The molecular weight excluding hydrogens is 230 g/mol. The number of anilines is 2. The van der Waals surface area contributed by atoms with Crippen LogP contribution in [0.25, 0.3) is 0 Å². The minimum atomic E-state index is -0.368. The highest BCUT2D eigenvalue weighted by atomic mass is 16.1. The Bertz CT molecular complexity index is 615. The molecule has 1 heterocycles. The molecule has 3 N–H and O–H groups in total. The normalized spacial score (nSPS) is 9.50. The molecule has 0 aliphatic carbocycles. The van der Waals surface area contributed by atoms with Crippen LogP contribution in [0.5, 0.6) is 0 Å². The van der Waals surface area contributed by atoms with Crippen molar-refractivity contribution >= 4 is 17.4 Å². The Kier molecular flexibility index (Phi) is 3.16. The molecule has 0 radical (unpaired) electrons. The zero-order chi connectivity index (χ0) is 13.0. The molecule has 1 aromatic heterocycles. The first-order chi connectivity index (χ1) is 8.70. The van der Waals surface area contributed by atoms with Crippen molar-refractivity contribution in [2.75, 3.05) is 11.1 Å². The van der Waals surface area contributed by atoms with Crippen LogP contribution in [-0.4, -0.2) is 16.1 Å². The number of rotatable bonds is 2. The topological polar surface area (TPSA) is 105 Å². The maximum atomic E-state index is 11.9. The van der Waals surface area contributed by atoms with Gasteiger partial charge in [-0.2, -0.15) is 5.26 Å². The van der Waals surface area contributed by atoms with E-state index in [4.69, 9.17) is 11.0 Å². The van der Waals surface area contributed by atoms with Gasteiger partial charge in [0.15, 0.2) is 11.5 Å². The molecule has 1 aromatic carbocycles. The number of hydrogen-bond donors (Lipinski definition) is 2. The minimum Gasteiger partial charge on any atom is -0.398 e. The molecule has 0 atom stereocenters. The van der Waals surface area contributed by atoms with E-state index in [0.717, 1.165) is 0 Å². The molecular formula is C12H9N5O. The predicted molar refractivity (Wildman–Crippen MR) is 65.6 cm³/mol. The molecule has 2 rings (SSSR count). The smallest absolute Gasteiger partial charge is 0.258 e. The lowest BCUT2D eigenvalue weighted by molar-refractivity contribution is 0.102. The third-order valence-electron chi connectivity index (χ3n) is 2.23. The van der Waals surface area contributed by atoms with Crippen LogP contribution in [-0.2, 0) is 0 Å². The van der Waals surface area contributed by atoms with Gasteiger partial charge in [0.25, 0.3) is 5.91 Å². The van der Waals surface area contributed by atoms with Crippen molar-refractivity contribution in [3.05, 3.63) is 47.7 Å². The van der Waals surface area contributed by atoms with Crippen LogP contribution in [0.4, 0.5) is 11.5 Å². The van der Waals surface area contributed by atoms with Crippen molar-refractivity contribution < 1.29 is 4.79 Å². The van der Waals surface area contributed by atoms with Crippen LogP contribution >= 0.6 is 0 Å². The number of hydrogen-bond acceptors (Lipinski definition) is 5. The molecule has 0 saturated heterocycles. The zero-order valence-corrected chi connectivity index (χ0v) is 9.29. The number of amides is 1. The number of nitriles is 1. The number of nitrogens with two attached hydrogens (primary N) is 1. The molecule has 0 aliphatic heterocycles. The van der Waals surface area contributed by atoms with Crippen LogP contribution in [0, 0.1) is 11.3 Å². The van der Waals surface area contributed by atoms with E-state index < -0.39 is 0 Å². The zero-order valence-electron chi connectivity index (χ0n) is 9.29. The van der Waals surface area contributed by atoms with Gasteiger partial charge in [-0.15, -0.1) is 10.2 Å². The quantitative estimate of drug-likeness (QED) is 0.765. The Balaban J connectivity index is 2.17. The van der Waals surface area contributed by atoms with E-state index in [-0.39, 0.29) is 17.4 Å². The predicted octanol–water partition coefficient (Wildman–Crippen LogP) is 1.18. The summed E-state index contributed by atoms with van der Waals surface area (Å²) in [5, 5.41) is 18.4. The molecule has 1 amide bonds. The number of carbonyl (C=O) groups is 1. The van der Waals surface area contributed by atoms with Gasteiger partial charge in [-0.05, 0) is 24.3 Å². The largest absolute Gasteiger partial charge is 0.398 e. The second kappa shape index (κ2) is 4.93. The van der Waals surface area contributed by atoms with E-state index in [1.807, 2.05) is 6.07 Å². The Morgan fingerprint density at radius 2 is 2.00 bits per heavy atom. The Hall–Kier alpha value is -2.94. The Morgan fingerprint density at radius 3 is 2.61 bits per heavy atom. The highest BCUT2D eigenvalue weighted by Crippen LogP contribution is 2.12. The monoisotopic (exact) mass is 239 g/mol. The molecule has 2 aromatic rings. The Morgan fingerprint density at radius 1 is 1.22 bits per heavy atom. The summed E-state index contributed by atoms with van der Waals surface area (Å²) in [6.07, 6.45) is 0. The van der Waals surface area contributed by atoms with Gasteiger partial charge in [0.2, 0.25) is 0 Å². The van der Waals surface area contributed by atoms with Gasteiger partial charge in [0.05, 0.1) is 5.56 Å². The fourth-order valence-electron chi connectivity index (χ4n) is 1.35. The lowest BCUT2D eigenvalue weighted by atomic mass is 10.1. The molecule has 18 heavy (non-hydrogen) atoms. The van der Waals surface area contributed by atoms with Gasteiger partial charge < -0.3 is 11.1 Å². The number of para-hydroxylation sites is 1. The van der Waals surface area contributed by atoms with Gasteiger partial charge in [-0.25, -0.2) is 0 Å². The number of aromatic nitrogens is 2. The summed E-state index contributed by atoms with van der Waals surface area (Å²) < 4.78 is 0. The minimum absolute atomic E-state index is 0.187. The Labute approximate surface area is 103 Å². The summed E-state index contributed by atoms with van der Waals surface area (Å²) in [7, 11) is 0.